The first-order chi connectivity index (χ1) is 14.2. The summed E-state index contributed by atoms with van der Waals surface area (Å²) in [5.41, 5.74) is 0.491. The average Bonchev–Trinajstić information content (AvgIpc) is 3.06. The predicted molar refractivity (Wildman–Crippen MR) is 122 cm³/mol. The SMILES string of the molecule is CC(Oc1cc(Cl)ccc1Cl)c1nnc(SCC(=O)Nc2ccc(Cl)cc2Cl)n1C. The van der Waals surface area contributed by atoms with Crippen molar-refractivity contribution in [3.63, 3.8) is 0 Å². The van der Waals surface area contributed by atoms with Gasteiger partial charge in [-0.05, 0) is 37.3 Å². The van der Waals surface area contributed by atoms with Gasteiger partial charge >= 0.3 is 0 Å². The molecule has 0 aliphatic rings. The Balaban J connectivity index is 1.62. The molecule has 1 N–H and O–H groups in total. The van der Waals surface area contributed by atoms with E-state index in [1.807, 2.05) is 6.92 Å². The lowest BCUT2D eigenvalue weighted by molar-refractivity contribution is -0.113. The van der Waals surface area contributed by atoms with Crippen molar-refractivity contribution in [2.24, 2.45) is 7.05 Å². The highest BCUT2D eigenvalue weighted by Crippen LogP contribution is 2.32. The molecular weight excluding hydrogens is 490 g/mol. The Labute approximate surface area is 197 Å². The Morgan fingerprint density at radius 2 is 1.80 bits per heavy atom. The number of anilines is 1. The van der Waals surface area contributed by atoms with Gasteiger partial charge in [0.15, 0.2) is 17.1 Å². The quantitative estimate of drug-likeness (QED) is 0.381. The molecule has 1 heterocycles. The van der Waals surface area contributed by atoms with Crippen LogP contribution in [0, 0.1) is 0 Å². The van der Waals surface area contributed by atoms with E-state index in [2.05, 4.69) is 15.5 Å². The normalized spacial score (nSPS) is 11.9. The molecule has 3 rings (SSSR count). The summed E-state index contributed by atoms with van der Waals surface area (Å²) in [5.74, 6) is 0.923. The molecule has 0 aliphatic heterocycles. The fourth-order valence-corrected chi connectivity index (χ4v) is 4.02. The second-order valence-corrected chi connectivity index (χ2v) is 8.83. The molecule has 2 aromatic carbocycles. The maximum Gasteiger partial charge on any atom is 0.234 e. The van der Waals surface area contributed by atoms with Crippen molar-refractivity contribution in [2.75, 3.05) is 11.1 Å². The maximum absolute atomic E-state index is 12.3. The lowest BCUT2D eigenvalue weighted by atomic mass is 10.3. The number of carbonyl (C=O) groups is 1. The van der Waals surface area contributed by atoms with Crippen molar-refractivity contribution in [3.8, 4) is 5.75 Å². The molecule has 0 fully saturated rings. The summed E-state index contributed by atoms with van der Waals surface area (Å²) in [7, 11) is 1.80. The van der Waals surface area contributed by atoms with E-state index in [0.29, 0.717) is 42.5 Å². The molecule has 0 saturated heterocycles. The Hall–Kier alpha value is -1.64. The van der Waals surface area contributed by atoms with E-state index in [-0.39, 0.29) is 11.7 Å². The fraction of sp³-hybridized carbons (Fsp3) is 0.211. The van der Waals surface area contributed by atoms with Crippen LogP contribution in [0.5, 0.6) is 5.75 Å². The minimum Gasteiger partial charge on any atom is -0.481 e. The van der Waals surface area contributed by atoms with Gasteiger partial charge in [0.2, 0.25) is 5.91 Å². The first-order valence-electron chi connectivity index (χ1n) is 8.63. The summed E-state index contributed by atoms with van der Waals surface area (Å²) in [5, 5.41) is 13.4. The van der Waals surface area contributed by atoms with E-state index in [1.165, 1.54) is 11.8 Å². The lowest BCUT2D eigenvalue weighted by Gasteiger charge is -2.15. The van der Waals surface area contributed by atoms with E-state index in [4.69, 9.17) is 51.1 Å². The first-order valence-corrected chi connectivity index (χ1v) is 11.1. The molecule has 1 atom stereocenters. The summed E-state index contributed by atoms with van der Waals surface area (Å²) in [6.45, 7) is 1.82. The number of hydrogen-bond acceptors (Lipinski definition) is 5. The molecule has 3 aromatic rings. The van der Waals surface area contributed by atoms with Gasteiger partial charge in [0.25, 0.3) is 0 Å². The van der Waals surface area contributed by atoms with Gasteiger partial charge in [0.1, 0.15) is 5.75 Å². The number of nitrogens with one attached hydrogen (secondary N) is 1. The van der Waals surface area contributed by atoms with Crippen molar-refractivity contribution in [2.45, 2.75) is 18.2 Å². The Bertz CT molecular complexity index is 1080. The number of thioether (sulfide) groups is 1. The molecule has 158 valence electrons. The molecule has 0 spiro atoms. The van der Waals surface area contributed by atoms with Gasteiger partial charge < -0.3 is 14.6 Å². The van der Waals surface area contributed by atoms with Crippen LogP contribution in [0.1, 0.15) is 18.9 Å². The zero-order valence-corrected chi connectivity index (χ0v) is 19.7. The van der Waals surface area contributed by atoms with Crippen LogP contribution in [-0.2, 0) is 11.8 Å². The molecule has 0 bridgehead atoms. The van der Waals surface area contributed by atoms with E-state index in [0.717, 1.165) is 0 Å². The van der Waals surface area contributed by atoms with Gasteiger partial charge in [0.05, 0.1) is 21.5 Å². The van der Waals surface area contributed by atoms with Crippen LogP contribution in [0.3, 0.4) is 0 Å². The number of amides is 1. The number of aromatic nitrogens is 3. The predicted octanol–water partition coefficient (Wildman–Crippen LogP) is 6.30. The zero-order chi connectivity index (χ0) is 21.8. The molecule has 0 radical (unpaired) electrons. The van der Waals surface area contributed by atoms with Gasteiger partial charge in [-0.1, -0.05) is 58.2 Å². The van der Waals surface area contributed by atoms with Gasteiger partial charge in [-0.2, -0.15) is 0 Å². The topological polar surface area (TPSA) is 69.0 Å². The molecule has 1 unspecified atom stereocenters. The first kappa shape index (κ1) is 23.0. The van der Waals surface area contributed by atoms with Crippen LogP contribution in [0.25, 0.3) is 0 Å². The highest BCUT2D eigenvalue weighted by atomic mass is 35.5. The smallest absolute Gasteiger partial charge is 0.234 e. The summed E-state index contributed by atoms with van der Waals surface area (Å²) in [6, 6.07) is 9.84. The van der Waals surface area contributed by atoms with Crippen LogP contribution in [0.15, 0.2) is 41.6 Å². The number of carbonyl (C=O) groups excluding carboxylic acids is 1. The van der Waals surface area contributed by atoms with E-state index in [9.17, 15) is 4.79 Å². The average molecular weight is 506 g/mol. The largest absolute Gasteiger partial charge is 0.481 e. The molecule has 30 heavy (non-hydrogen) atoms. The molecule has 1 aromatic heterocycles. The van der Waals surface area contributed by atoms with Gasteiger partial charge in [0, 0.05) is 23.2 Å². The third-order valence-corrected chi connectivity index (χ3v) is 6.08. The second kappa shape index (κ2) is 10.1. The third kappa shape index (κ3) is 5.74. The highest BCUT2D eigenvalue weighted by molar-refractivity contribution is 7.99. The van der Waals surface area contributed by atoms with Crippen molar-refractivity contribution < 1.29 is 9.53 Å². The van der Waals surface area contributed by atoms with Crippen LogP contribution in [0.4, 0.5) is 5.69 Å². The maximum atomic E-state index is 12.3. The highest BCUT2D eigenvalue weighted by Gasteiger charge is 2.19. The van der Waals surface area contributed by atoms with Crippen LogP contribution in [-0.4, -0.2) is 26.4 Å². The van der Waals surface area contributed by atoms with Crippen molar-refractivity contribution in [1.29, 1.82) is 0 Å². The number of nitrogens with zero attached hydrogens (tertiary/aromatic N) is 3. The van der Waals surface area contributed by atoms with Crippen molar-refractivity contribution in [3.05, 3.63) is 62.3 Å². The van der Waals surface area contributed by atoms with Crippen molar-refractivity contribution >= 4 is 69.8 Å². The molecule has 1 amide bonds. The summed E-state index contributed by atoms with van der Waals surface area (Å²) in [4.78, 5) is 12.3. The standard InChI is InChI=1S/C19H16Cl4N4O2S/c1-10(29-16-8-12(21)3-5-13(16)22)18-25-26-19(27(18)2)30-9-17(28)24-15-6-4-11(20)7-14(15)23/h3-8,10H,9H2,1-2H3,(H,24,28). The molecule has 6 nitrogen and oxygen atoms in total. The number of rotatable bonds is 7. The number of benzene rings is 2. The minimum absolute atomic E-state index is 0.125. The Morgan fingerprint density at radius 1 is 1.10 bits per heavy atom. The molecule has 0 saturated carbocycles. The van der Waals surface area contributed by atoms with Gasteiger partial charge in [-0.3, -0.25) is 4.79 Å². The minimum atomic E-state index is -0.436. The van der Waals surface area contributed by atoms with Crippen LogP contribution >= 0.6 is 58.2 Å². The summed E-state index contributed by atoms with van der Waals surface area (Å²) < 4.78 is 7.64. The molecule has 11 heteroatoms. The van der Waals surface area contributed by atoms with E-state index >= 15 is 0 Å². The van der Waals surface area contributed by atoms with Crippen LogP contribution < -0.4 is 10.1 Å². The van der Waals surface area contributed by atoms with E-state index < -0.39 is 6.10 Å². The second-order valence-electron chi connectivity index (χ2n) is 6.20. The third-order valence-electron chi connectivity index (χ3n) is 3.97. The molecule has 0 aliphatic carbocycles. The van der Waals surface area contributed by atoms with Crippen molar-refractivity contribution in [1.82, 2.24) is 14.8 Å². The Kier molecular flexibility index (Phi) is 7.76. The van der Waals surface area contributed by atoms with Gasteiger partial charge in [-0.25, -0.2) is 0 Å². The fourth-order valence-electron chi connectivity index (χ4n) is 2.52. The lowest BCUT2D eigenvalue weighted by Crippen LogP contribution is -2.15. The molecular formula is C19H16Cl4N4O2S. The van der Waals surface area contributed by atoms with Crippen LogP contribution in [0.2, 0.25) is 20.1 Å². The summed E-state index contributed by atoms with van der Waals surface area (Å²) >= 11 is 25.3. The Morgan fingerprint density at radius 3 is 2.53 bits per heavy atom. The number of hydrogen-bond donors (Lipinski definition) is 1. The number of ether oxygens (including phenoxy) is 1. The number of halogens is 4. The monoisotopic (exact) mass is 504 g/mol. The zero-order valence-electron chi connectivity index (χ0n) is 15.8. The van der Waals surface area contributed by atoms with E-state index in [1.54, 1.807) is 48.0 Å². The summed E-state index contributed by atoms with van der Waals surface area (Å²) in [6.07, 6.45) is -0.436. The van der Waals surface area contributed by atoms with Gasteiger partial charge in [-0.15, -0.1) is 10.2 Å².